The predicted molar refractivity (Wildman–Crippen MR) is 77.2 cm³/mol. The molecule has 22 heavy (non-hydrogen) atoms. The molecular formula is C9H22N6O6Si. The molecule has 0 aromatic heterocycles. The van der Waals surface area contributed by atoms with Gasteiger partial charge < -0.3 is 46.4 Å². The van der Waals surface area contributed by atoms with Gasteiger partial charge in [-0.25, -0.2) is 14.4 Å². The second-order valence-corrected chi connectivity index (χ2v) is 7.28. The molecule has 0 spiro atoms. The van der Waals surface area contributed by atoms with Crippen molar-refractivity contribution in [1.82, 2.24) is 16.0 Å². The lowest BCUT2D eigenvalue weighted by atomic mass is 10.3. The standard InChI is InChI=1S/C9H22N6O6Si/c1-19-22(20-2,21-3)9(14-7(11)17,15-8(12)18)4-5-13-6(10)16/h4-5H2,1-3H3,(H3,10,13,16)(H3,11,14,17)(H3,12,15,18). The molecule has 0 rings (SSSR count). The lowest BCUT2D eigenvalue weighted by Crippen LogP contribution is -2.80. The molecular weight excluding hydrogens is 316 g/mol. The molecule has 0 aromatic rings. The highest BCUT2D eigenvalue weighted by atomic mass is 28.4. The van der Waals surface area contributed by atoms with Gasteiger partial charge in [-0.2, -0.15) is 0 Å². The first-order valence-corrected chi connectivity index (χ1v) is 7.75. The highest BCUT2D eigenvalue weighted by Gasteiger charge is 2.62. The fraction of sp³-hybridized carbons (Fsp3) is 0.667. The summed E-state index contributed by atoms with van der Waals surface area (Å²) >= 11 is 0. The number of hydrogen-bond donors (Lipinski definition) is 6. The van der Waals surface area contributed by atoms with E-state index in [1.165, 1.54) is 21.3 Å². The van der Waals surface area contributed by atoms with E-state index in [1.807, 2.05) is 0 Å². The Hall–Kier alpha value is -2.09. The molecule has 0 aliphatic carbocycles. The van der Waals surface area contributed by atoms with E-state index in [2.05, 4.69) is 16.0 Å². The SMILES string of the molecule is CO[Si](OC)(OC)C(CCNC(N)=O)(NC(N)=O)NC(N)=O. The van der Waals surface area contributed by atoms with Crippen LogP contribution in [0.15, 0.2) is 0 Å². The monoisotopic (exact) mass is 338 g/mol. The second-order valence-electron chi connectivity index (χ2n) is 4.09. The molecule has 9 N–H and O–H groups in total. The van der Waals surface area contributed by atoms with Crippen LogP contribution in [0.5, 0.6) is 0 Å². The van der Waals surface area contributed by atoms with E-state index in [1.54, 1.807) is 0 Å². The van der Waals surface area contributed by atoms with Crippen LogP contribution in [0.4, 0.5) is 14.4 Å². The summed E-state index contributed by atoms with van der Waals surface area (Å²) in [6.07, 6.45) is -0.108. The fourth-order valence-corrected chi connectivity index (χ4v) is 4.56. The van der Waals surface area contributed by atoms with Gasteiger partial charge in [0, 0.05) is 34.3 Å². The van der Waals surface area contributed by atoms with Crippen molar-refractivity contribution in [3.63, 3.8) is 0 Å². The zero-order chi connectivity index (χ0) is 17.4. The third-order valence-electron chi connectivity index (χ3n) is 2.80. The van der Waals surface area contributed by atoms with E-state index in [0.717, 1.165) is 0 Å². The molecule has 0 atom stereocenters. The maximum Gasteiger partial charge on any atom is 0.548 e. The molecule has 0 aliphatic heterocycles. The van der Waals surface area contributed by atoms with E-state index < -0.39 is 32.2 Å². The van der Waals surface area contributed by atoms with Crippen molar-refractivity contribution in [2.24, 2.45) is 17.2 Å². The van der Waals surface area contributed by atoms with Gasteiger partial charge in [0.05, 0.1) is 0 Å². The summed E-state index contributed by atoms with van der Waals surface area (Å²) in [6.45, 7) is -0.0548. The average molecular weight is 338 g/mol. The van der Waals surface area contributed by atoms with Gasteiger partial charge in [-0.1, -0.05) is 0 Å². The zero-order valence-corrected chi connectivity index (χ0v) is 13.6. The number of nitrogens with one attached hydrogen (secondary N) is 3. The highest BCUT2D eigenvalue weighted by molar-refractivity contribution is 6.64. The zero-order valence-electron chi connectivity index (χ0n) is 12.6. The van der Waals surface area contributed by atoms with Crippen molar-refractivity contribution in [2.75, 3.05) is 27.9 Å². The summed E-state index contributed by atoms with van der Waals surface area (Å²) in [6, 6.07) is -2.78. The van der Waals surface area contributed by atoms with E-state index in [4.69, 9.17) is 30.5 Å². The topological polar surface area (TPSA) is 193 Å². The Bertz CT molecular complexity index is 393. The van der Waals surface area contributed by atoms with Crippen molar-refractivity contribution >= 4 is 26.9 Å². The molecule has 0 radical (unpaired) electrons. The molecule has 0 aliphatic rings. The van der Waals surface area contributed by atoms with Crippen LogP contribution in [0.1, 0.15) is 6.42 Å². The third-order valence-corrected chi connectivity index (χ3v) is 5.96. The average Bonchev–Trinajstić information content (AvgIpc) is 2.39. The number of carbonyl (C=O) groups excluding carboxylic acids is 3. The first-order chi connectivity index (χ1) is 10.2. The number of amides is 6. The molecule has 0 unspecified atom stereocenters. The molecule has 12 nitrogen and oxygen atoms in total. The Morgan fingerprint density at radius 3 is 1.59 bits per heavy atom. The minimum Gasteiger partial charge on any atom is -0.374 e. The van der Waals surface area contributed by atoms with Crippen molar-refractivity contribution in [3.05, 3.63) is 0 Å². The van der Waals surface area contributed by atoms with Crippen molar-refractivity contribution in [1.29, 1.82) is 0 Å². The number of hydrogen-bond acceptors (Lipinski definition) is 6. The van der Waals surface area contributed by atoms with Crippen LogP contribution in [0, 0.1) is 0 Å². The Labute approximate surface area is 128 Å². The molecule has 6 amide bonds. The molecule has 128 valence electrons. The summed E-state index contributed by atoms with van der Waals surface area (Å²) in [4.78, 5) is 33.5. The Balaban J connectivity index is 5.75. The molecule has 0 bridgehead atoms. The van der Waals surface area contributed by atoms with Gasteiger partial charge in [-0.3, -0.25) is 0 Å². The number of nitrogens with two attached hydrogens (primary N) is 3. The van der Waals surface area contributed by atoms with Crippen LogP contribution in [0.2, 0.25) is 0 Å². The Kier molecular flexibility index (Phi) is 7.58. The third kappa shape index (κ3) is 4.73. The summed E-state index contributed by atoms with van der Waals surface area (Å²) in [7, 11) is 0.0835. The van der Waals surface area contributed by atoms with Crippen molar-refractivity contribution in [3.8, 4) is 0 Å². The van der Waals surface area contributed by atoms with Crippen LogP contribution in [0.25, 0.3) is 0 Å². The number of primary amides is 3. The van der Waals surface area contributed by atoms with E-state index in [-0.39, 0.29) is 13.0 Å². The quantitative estimate of drug-likeness (QED) is 0.198. The van der Waals surface area contributed by atoms with Gasteiger partial charge in [0.25, 0.3) is 0 Å². The minimum atomic E-state index is -3.71. The summed E-state index contributed by atoms with van der Waals surface area (Å²) in [5.41, 5.74) is 15.3. The van der Waals surface area contributed by atoms with Crippen LogP contribution in [-0.4, -0.2) is 60.1 Å². The number of carbonyl (C=O) groups is 3. The first-order valence-electron chi connectivity index (χ1n) is 6.02. The van der Waals surface area contributed by atoms with Crippen LogP contribution >= 0.6 is 0 Å². The van der Waals surface area contributed by atoms with Crippen LogP contribution in [0.3, 0.4) is 0 Å². The smallest absolute Gasteiger partial charge is 0.374 e. The van der Waals surface area contributed by atoms with Crippen LogP contribution in [-0.2, 0) is 13.3 Å². The van der Waals surface area contributed by atoms with Gasteiger partial charge in [0.2, 0.25) is 0 Å². The molecule has 0 saturated carbocycles. The molecule has 13 heteroatoms. The van der Waals surface area contributed by atoms with Gasteiger partial charge in [0.1, 0.15) is 0 Å². The number of urea groups is 3. The summed E-state index contributed by atoms with van der Waals surface area (Å²) in [5.74, 6) is 0. The second kappa shape index (κ2) is 8.37. The van der Waals surface area contributed by atoms with E-state index in [9.17, 15) is 14.4 Å². The molecule has 0 fully saturated rings. The Morgan fingerprint density at radius 2 is 1.32 bits per heavy atom. The van der Waals surface area contributed by atoms with Gasteiger partial charge in [-0.05, 0) is 0 Å². The maximum absolute atomic E-state index is 11.4. The van der Waals surface area contributed by atoms with Crippen molar-refractivity contribution < 1.29 is 27.7 Å². The van der Waals surface area contributed by atoms with Gasteiger partial charge in [-0.15, -0.1) is 0 Å². The predicted octanol–water partition coefficient (Wildman–Crippen LogP) is -2.50. The van der Waals surface area contributed by atoms with E-state index >= 15 is 0 Å². The summed E-state index contributed by atoms with van der Waals surface area (Å²) in [5, 5.41) is 5.23. The van der Waals surface area contributed by atoms with E-state index in [0.29, 0.717) is 0 Å². The largest absolute Gasteiger partial charge is 0.548 e. The fourth-order valence-electron chi connectivity index (χ4n) is 2.03. The molecule has 0 heterocycles. The minimum absolute atomic E-state index is 0.0548. The van der Waals surface area contributed by atoms with Gasteiger partial charge in [0.15, 0.2) is 5.29 Å². The van der Waals surface area contributed by atoms with Crippen LogP contribution < -0.4 is 33.2 Å². The summed E-state index contributed by atoms with van der Waals surface area (Å²) < 4.78 is 15.8. The molecule has 0 aromatic carbocycles. The van der Waals surface area contributed by atoms with Gasteiger partial charge >= 0.3 is 26.9 Å². The highest BCUT2D eigenvalue weighted by Crippen LogP contribution is 2.24. The lowest BCUT2D eigenvalue weighted by molar-refractivity contribution is 0.0732. The normalized spacial score (nSPS) is 11.6. The molecule has 0 saturated heterocycles. The lowest BCUT2D eigenvalue weighted by Gasteiger charge is -2.43. The number of rotatable bonds is 9. The van der Waals surface area contributed by atoms with Crippen molar-refractivity contribution in [2.45, 2.75) is 11.7 Å². The Morgan fingerprint density at radius 1 is 0.909 bits per heavy atom. The maximum atomic E-state index is 11.4. The first kappa shape index (κ1) is 19.9.